The Morgan fingerprint density at radius 1 is 1.04 bits per heavy atom. The summed E-state index contributed by atoms with van der Waals surface area (Å²) in [4.78, 5) is 25.5. The van der Waals surface area contributed by atoms with Crippen LogP contribution in [0.3, 0.4) is 0 Å². The zero-order valence-corrected chi connectivity index (χ0v) is 15.9. The molecule has 0 unspecified atom stereocenters. The first-order valence-corrected chi connectivity index (χ1v) is 9.17. The predicted molar refractivity (Wildman–Crippen MR) is 105 cm³/mol. The Morgan fingerprint density at radius 3 is 2.54 bits per heavy atom. The van der Waals surface area contributed by atoms with Crippen molar-refractivity contribution in [3.63, 3.8) is 0 Å². The molecule has 1 amide bonds. The zero-order valence-electron chi connectivity index (χ0n) is 15.9. The number of methoxy groups -OCH3 is 1. The third-order valence-electron chi connectivity index (χ3n) is 4.80. The van der Waals surface area contributed by atoms with Crippen LogP contribution in [0.4, 0.5) is 5.82 Å². The van der Waals surface area contributed by atoms with E-state index < -0.39 is 0 Å². The van der Waals surface area contributed by atoms with Gasteiger partial charge >= 0.3 is 0 Å². The first-order chi connectivity index (χ1) is 13.6. The molecule has 1 fully saturated rings. The number of carbonyl (C=O) groups is 1. The number of hydrogen-bond donors (Lipinski definition) is 0. The second-order valence-electron chi connectivity index (χ2n) is 6.65. The van der Waals surface area contributed by atoms with Crippen molar-refractivity contribution in [1.29, 1.82) is 0 Å². The van der Waals surface area contributed by atoms with Gasteiger partial charge in [0.05, 0.1) is 12.8 Å². The Kier molecular flexibility index (Phi) is 4.92. The molecule has 28 heavy (non-hydrogen) atoms. The Morgan fingerprint density at radius 2 is 1.82 bits per heavy atom. The van der Waals surface area contributed by atoms with E-state index in [4.69, 9.17) is 4.74 Å². The zero-order chi connectivity index (χ0) is 19.5. The van der Waals surface area contributed by atoms with Gasteiger partial charge < -0.3 is 14.5 Å². The van der Waals surface area contributed by atoms with Gasteiger partial charge in [0.25, 0.3) is 5.91 Å². The molecule has 0 radical (unpaired) electrons. The third kappa shape index (κ3) is 3.66. The van der Waals surface area contributed by atoms with Crippen LogP contribution in [0, 0.1) is 6.92 Å². The summed E-state index contributed by atoms with van der Waals surface area (Å²) in [5.74, 6) is 2.28. The minimum atomic E-state index is 0.0222. The largest absolute Gasteiger partial charge is 0.497 e. The lowest BCUT2D eigenvalue weighted by Crippen LogP contribution is -2.49. The number of anilines is 1. The minimum Gasteiger partial charge on any atom is -0.497 e. The summed E-state index contributed by atoms with van der Waals surface area (Å²) in [6.45, 7) is 4.64. The lowest BCUT2D eigenvalue weighted by Gasteiger charge is -2.35. The summed E-state index contributed by atoms with van der Waals surface area (Å²) in [7, 11) is 1.60. The molecule has 2 aromatic heterocycles. The number of ether oxygens (including phenoxy) is 1. The maximum Gasteiger partial charge on any atom is 0.254 e. The van der Waals surface area contributed by atoms with E-state index in [1.165, 1.54) is 0 Å². The maximum absolute atomic E-state index is 12.8. The topological polar surface area (TPSA) is 76.4 Å². The van der Waals surface area contributed by atoms with Gasteiger partial charge in [-0.25, -0.2) is 14.6 Å². The van der Waals surface area contributed by atoms with E-state index in [1.807, 2.05) is 48.4 Å². The van der Waals surface area contributed by atoms with Gasteiger partial charge in [-0.15, -0.1) is 0 Å². The van der Waals surface area contributed by atoms with Crippen LogP contribution in [0.2, 0.25) is 0 Å². The van der Waals surface area contributed by atoms with Gasteiger partial charge in [-0.3, -0.25) is 4.79 Å². The number of aromatic nitrogens is 4. The summed E-state index contributed by atoms with van der Waals surface area (Å²) < 4.78 is 6.96. The van der Waals surface area contributed by atoms with Crippen LogP contribution in [0.15, 0.2) is 48.9 Å². The molecule has 1 aliphatic rings. The summed E-state index contributed by atoms with van der Waals surface area (Å²) in [6.07, 6.45) is 3.43. The molecule has 3 aromatic rings. The fourth-order valence-electron chi connectivity index (χ4n) is 3.26. The van der Waals surface area contributed by atoms with E-state index in [0.29, 0.717) is 37.5 Å². The van der Waals surface area contributed by atoms with Crippen molar-refractivity contribution in [3.05, 3.63) is 60.2 Å². The van der Waals surface area contributed by atoms with Gasteiger partial charge in [-0.05, 0) is 31.2 Å². The normalized spacial score (nSPS) is 14.2. The van der Waals surface area contributed by atoms with E-state index in [2.05, 4.69) is 20.0 Å². The SMILES string of the molecule is COc1cccc(C(=O)N2CCN(c3cc(-n4ccc(C)n4)ncn3)CC2)c1. The maximum atomic E-state index is 12.8. The smallest absolute Gasteiger partial charge is 0.254 e. The van der Waals surface area contributed by atoms with Crippen molar-refractivity contribution >= 4 is 11.7 Å². The fourth-order valence-corrected chi connectivity index (χ4v) is 3.26. The van der Waals surface area contributed by atoms with Crippen LogP contribution in [-0.2, 0) is 0 Å². The third-order valence-corrected chi connectivity index (χ3v) is 4.80. The van der Waals surface area contributed by atoms with Crippen molar-refractivity contribution in [1.82, 2.24) is 24.6 Å². The lowest BCUT2D eigenvalue weighted by molar-refractivity contribution is 0.0746. The molecule has 1 saturated heterocycles. The van der Waals surface area contributed by atoms with Crippen LogP contribution in [0.25, 0.3) is 5.82 Å². The second kappa shape index (κ2) is 7.67. The standard InChI is InChI=1S/C20H22N6O2/c1-15-6-7-26(23-15)19-13-18(21-14-22-19)24-8-10-25(11-9-24)20(27)16-4-3-5-17(12-16)28-2/h3-7,12-14H,8-11H2,1-2H3. The quantitative estimate of drug-likeness (QED) is 0.691. The number of aryl methyl sites for hydroxylation is 1. The lowest BCUT2D eigenvalue weighted by atomic mass is 10.1. The molecule has 8 heteroatoms. The highest BCUT2D eigenvalue weighted by molar-refractivity contribution is 5.94. The fraction of sp³-hybridized carbons (Fsp3) is 0.300. The average Bonchev–Trinajstić information content (AvgIpc) is 3.20. The van der Waals surface area contributed by atoms with E-state index >= 15 is 0 Å². The highest BCUT2D eigenvalue weighted by Gasteiger charge is 2.23. The Labute approximate surface area is 163 Å². The monoisotopic (exact) mass is 378 g/mol. The number of rotatable bonds is 4. The number of carbonyl (C=O) groups excluding carboxylic acids is 1. The molecule has 0 N–H and O–H groups in total. The molecular weight excluding hydrogens is 356 g/mol. The number of hydrogen-bond acceptors (Lipinski definition) is 6. The number of benzene rings is 1. The van der Waals surface area contributed by atoms with Gasteiger partial charge in [0, 0.05) is 44.0 Å². The van der Waals surface area contributed by atoms with Crippen LogP contribution in [0.1, 0.15) is 16.1 Å². The molecule has 0 bridgehead atoms. The number of nitrogens with zero attached hydrogens (tertiary/aromatic N) is 6. The van der Waals surface area contributed by atoms with E-state index in [0.717, 1.165) is 17.3 Å². The van der Waals surface area contributed by atoms with Crippen LogP contribution >= 0.6 is 0 Å². The molecule has 8 nitrogen and oxygen atoms in total. The Balaban J connectivity index is 1.43. The highest BCUT2D eigenvalue weighted by atomic mass is 16.5. The van der Waals surface area contributed by atoms with Crippen molar-refractivity contribution in [2.45, 2.75) is 6.92 Å². The van der Waals surface area contributed by atoms with Crippen molar-refractivity contribution in [3.8, 4) is 11.6 Å². The molecule has 0 atom stereocenters. The molecule has 0 saturated carbocycles. The van der Waals surface area contributed by atoms with Crippen molar-refractivity contribution in [2.75, 3.05) is 38.2 Å². The van der Waals surface area contributed by atoms with E-state index in [-0.39, 0.29) is 5.91 Å². The Hall–Kier alpha value is -3.42. The van der Waals surface area contributed by atoms with Crippen molar-refractivity contribution in [2.24, 2.45) is 0 Å². The molecule has 1 aromatic carbocycles. The molecule has 0 aliphatic carbocycles. The average molecular weight is 378 g/mol. The molecular formula is C20H22N6O2. The first kappa shape index (κ1) is 18.0. The van der Waals surface area contributed by atoms with Crippen LogP contribution in [-0.4, -0.2) is 63.8 Å². The summed E-state index contributed by atoms with van der Waals surface area (Å²) in [5, 5.41) is 4.39. The van der Waals surface area contributed by atoms with E-state index in [9.17, 15) is 4.79 Å². The molecule has 1 aliphatic heterocycles. The molecule has 3 heterocycles. The van der Waals surface area contributed by atoms with Gasteiger partial charge in [-0.1, -0.05) is 6.07 Å². The summed E-state index contributed by atoms with van der Waals surface area (Å²) in [6, 6.07) is 11.1. The van der Waals surface area contributed by atoms with Crippen LogP contribution in [0.5, 0.6) is 5.75 Å². The Bertz CT molecular complexity index is 978. The summed E-state index contributed by atoms with van der Waals surface area (Å²) >= 11 is 0. The molecule has 144 valence electrons. The number of amides is 1. The van der Waals surface area contributed by atoms with Gasteiger partial charge in [0.1, 0.15) is 17.9 Å². The summed E-state index contributed by atoms with van der Waals surface area (Å²) in [5.41, 5.74) is 1.58. The van der Waals surface area contributed by atoms with Crippen molar-refractivity contribution < 1.29 is 9.53 Å². The second-order valence-corrected chi connectivity index (χ2v) is 6.65. The van der Waals surface area contributed by atoms with E-state index in [1.54, 1.807) is 24.2 Å². The molecule has 4 rings (SSSR count). The van der Waals surface area contributed by atoms with Gasteiger partial charge in [0.15, 0.2) is 5.82 Å². The number of piperazine rings is 1. The van der Waals surface area contributed by atoms with Crippen LogP contribution < -0.4 is 9.64 Å². The van der Waals surface area contributed by atoms with Gasteiger partial charge in [-0.2, -0.15) is 5.10 Å². The predicted octanol–water partition coefficient (Wildman–Crippen LogP) is 1.94. The van der Waals surface area contributed by atoms with Gasteiger partial charge in [0.2, 0.25) is 0 Å². The minimum absolute atomic E-state index is 0.0222. The first-order valence-electron chi connectivity index (χ1n) is 9.17. The highest BCUT2D eigenvalue weighted by Crippen LogP contribution is 2.19. The molecule has 0 spiro atoms.